The zero-order chi connectivity index (χ0) is 24.1. The summed E-state index contributed by atoms with van der Waals surface area (Å²) in [7, 11) is 1.34. The van der Waals surface area contributed by atoms with Gasteiger partial charge in [0.15, 0.2) is 0 Å². The van der Waals surface area contributed by atoms with E-state index in [0.717, 1.165) is 29.1 Å². The maximum Gasteiger partial charge on any atom is 0.343 e. The Bertz CT molecular complexity index is 1090. The first-order valence-corrected chi connectivity index (χ1v) is 12.4. The number of rotatable bonds is 7. The highest BCUT2D eigenvalue weighted by Gasteiger charge is 2.27. The van der Waals surface area contributed by atoms with Crippen LogP contribution in [0.25, 0.3) is 0 Å². The zero-order valence-electron chi connectivity index (χ0n) is 19.6. The number of hydrogen-bond donors (Lipinski definition) is 1. The molecule has 2 aliphatic rings. The molecule has 0 spiro atoms. The Morgan fingerprint density at radius 2 is 2.09 bits per heavy atom. The van der Waals surface area contributed by atoms with Crippen LogP contribution in [-0.4, -0.2) is 60.9 Å². The van der Waals surface area contributed by atoms with Crippen molar-refractivity contribution in [3.05, 3.63) is 44.7 Å². The highest BCUT2D eigenvalue weighted by atomic mass is 32.1. The lowest BCUT2D eigenvalue weighted by Gasteiger charge is -2.24. The molecule has 0 bridgehead atoms. The Hall–Kier alpha value is -2.69. The summed E-state index contributed by atoms with van der Waals surface area (Å²) in [6, 6.07) is 5.29. The minimum Gasteiger partial charge on any atom is -0.490 e. The fourth-order valence-corrected chi connectivity index (χ4v) is 5.43. The quantitative estimate of drug-likeness (QED) is 0.597. The summed E-state index contributed by atoms with van der Waals surface area (Å²) in [5.74, 6) is -0.333. The summed E-state index contributed by atoms with van der Waals surface area (Å²) in [5.41, 5.74) is 0.781. The number of ether oxygens (including phenoxy) is 3. The van der Waals surface area contributed by atoms with E-state index < -0.39 is 5.97 Å². The Morgan fingerprint density at radius 1 is 1.24 bits per heavy atom. The zero-order valence-corrected chi connectivity index (χ0v) is 20.4. The van der Waals surface area contributed by atoms with Gasteiger partial charge in [0.25, 0.3) is 5.56 Å². The van der Waals surface area contributed by atoms with Crippen molar-refractivity contribution in [1.82, 2.24) is 9.47 Å². The van der Waals surface area contributed by atoms with Crippen molar-refractivity contribution in [1.29, 1.82) is 0 Å². The van der Waals surface area contributed by atoms with Gasteiger partial charge in [0.2, 0.25) is 5.91 Å². The minimum atomic E-state index is -0.505. The van der Waals surface area contributed by atoms with Crippen molar-refractivity contribution in [2.24, 2.45) is 0 Å². The van der Waals surface area contributed by atoms with Gasteiger partial charge in [-0.3, -0.25) is 14.5 Å². The first-order valence-electron chi connectivity index (χ1n) is 11.6. The molecule has 0 aliphatic carbocycles. The summed E-state index contributed by atoms with van der Waals surface area (Å²) < 4.78 is 18.4. The van der Waals surface area contributed by atoms with Gasteiger partial charge in [0, 0.05) is 62.8 Å². The Morgan fingerprint density at radius 3 is 2.82 bits per heavy atom. The number of aromatic nitrogens is 1. The summed E-state index contributed by atoms with van der Waals surface area (Å²) in [6.07, 6.45) is 3.50. The van der Waals surface area contributed by atoms with E-state index in [0.29, 0.717) is 57.1 Å². The normalized spacial score (nSPS) is 18.6. The minimum absolute atomic E-state index is 0.0375. The van der Waals surface area contributed by atoms with Crippen LogP contribution in [0.15, 0.2) is 23.0 Å². The third-order valence-electron chi connectivity index (χ3n) is 6.11. The van der Waals surface area contributed by atoms with E-state index in [9.17, 15) is 14.4 Å². The van der Waals surface area contributed by atoms with E-state index >= 15 is 0 Å². The van der Waals surface area contributed by atoms with Crippen LogP contribution < -0.4 is 15.6 Å². The third kappa shape index (κ3) is 5.86. The second-order valence-electron chi connectivity index (χ2n) is 8.58. The van der Waals surface area contributed by atoms with Crippen LogP contribution in [0.5, 0.6) is 5.75 Å². The topological polar surface area (TPSA) is 99.1 Å². The summed E-state index contributed by atoms with van der Waals surface area (Å²) in [4.78, 5) is 40.4. The van der Waals surface area contributed by atoms with Gasteiger partial charge < -0.3 is 24.1 Å². The number of carbonyl (C=O) groups is 2. The SMILES string of the molecule is COC(=O)c1c(OC[C@@H]2CCCCO2)cc(=O)n2c1CCN(Cc1ccc(NC(C)=O)s1)CC2. The summed E-state index contributed by atoms with van der Waals surface area (Å²) >= 11 is 1.53. The van der Waals surface area contributed by atoms with Crippen molar-refractivity contribution >= 4 is 28.2 Å². The van der Waals surface area contributed by atoms with Crippen molar-refractivity contribution < 1.29 is 23.8 Å². The molecule has 2 aromatic rings. The fourth-order valence-electron chi connectivity index (χ4n) is 4.43. The van der Waals surface area contributed by atoms with Crippen molar-refractivity contribution in [2.45, 2.75) is 51.8 Å². The summed E-state index contributed by atoms with van der Waals surface area (Å²) in [5, 5.41) is 3.62. The lowest BCUT2D eigenvalue weighted by molar-refractivity contribution is -0.114. The van der Waals surface area contributed by atoms with Crippen molar-refractivity contribution in [3.63, 3.8) is 0 Å². The first-order chi connectivity index (χ1) is 16.4. The molecule has 1 atom stereocenters. The fraction of sp³-hybridized carbons (Fsp3) is 0.542. The molecule has 1 amide bonds. The van der Waals surface area contributed by atoms with Gasteiger partial charge in [-0.15, -0.1) is 11.3 Å². The second kappa shape index (κ2) is 11.2. The van der Waals surface area contributed by atoms with Gasteiger partial charge in [-0.25, -0.2) is 4.79 Å². The predicted molar refractivity (Wildman–Crippen MR) is 129 cm³/mol. The molecule has 184 valence electrons. The van der Waals surface area contributed by atoms with E-state index in [2.05, 4.69) is 10.2 Å². The van der Waals surface area contributed by atoms with Crippen molar-refractivity contribution in [2.75, 3.05) is 38.7 Å². The average molecular weight is 490 g/mol. The molecule has 4 rings (SSSR count). The largest absolute Gasteiger partial charge is 0.490 e. The van der Waals surface area contributed by atoms with E-state index in [4.69, 9.17) is 14.2 Å². The molecule has 34 heavy (non-hydrogen) atoms. The number of esters is 1. The molecule has 0 saturated carbocycles. The van der Waals surface area contributed by atoms with Gasteiger partial charge in [0.1, 0.15) is 17.9 Å². The number of pyridine rings is 1. The van der Waals surface area contributed by atoms with Gasteiger partial charge >= 0.3 is 5.97 Å². The highest BCUT2D eigenvalue weighted by Crippen LogP contribution is 2.27. The molecule has 9 nitrogen and oxygen atoms in total. The Labute approximate surface area is 202 Å². The molecule has 2 aliphatic heterocycles. The number of anilines is 1. The number of carbonyl (C=O) groups excluding carboxylic acids is 2. The van der Waals surface area contributed by atoms with Crippen LogP contribution in [0.3, 0.4) is 0 Å². The van der Waals surface area contributed by atoms with Crippen LogP contribution >= 0.6 is 11.3 Å². The Balaban J connectivity index is 1.52. The van der Waals surface area contributed by atoms with Crippen LogP contribution in [0, 0.1) is 0 Å². The molecule has 0 aromatic carbocycles. The van der Waals surface area contributed by atoms with Gasteiger partial charge in [-0.2, -0.15) is 0 Å². The molecule has 4 heterocycles. The number of fused-ring (bicyclic) bond motifs is 1. The summed E-state index contributed by atoms with van der Waals surface area (Å²) in [6.45, 7) is 4.99. The van der Waals surface area contributed by atoms with E-state index in [-0.39, 0.29) is 23.3 Å². The van der Waals surface area contributed by atoms with Crippen LogP contribution in [-0.2, 0) is 33.8 Å². The lowest BCUT2D eigenvalue weighted by Crippen LogP contribution is -2.30. The number of nitrogens with zero attached hydrogens (tertiary/aromatic N) is 2. The molecule has 1 N–H and O–H groups in total. The monoisotopic (exact) mass is 489 g/mol. The van der Waals surface area contributed by atoms with Crippen LogP contribution in [0.4, 0.5) is 5.00 Å². The molecule has 1 saturated heterocycles. The van der Waals surface area contributed by atoms with Gasteiger partial charge in [-0.05, 0) is 31.4 Å². The lowest BCUT2D eigenvalue weighted by atomic mass is 10.1. The maximum atomic E-state index is 13.0. The van der Waals surface area contributed by atoms with E-state index in [1.165, 1.54) is 31.4 Å². The first kappa shape index (κ1) is 24.4. The van der Waals surface area contributed by atoms with Crippen LogP contribution in [0.1, 0.15) is 47.1 Å². The smallest absolute Gasteiger partial charge is 0.343 e. The molecule has 10 heteroatoms. The van der Waals surface area contributed by atoms with Crippen LogP contribution in [0.2, 0.25) is 0 Å². The number of hydrogen-bond acceptors (Lipinski definition) is 8. The predicted octanol–water partition coefficient (Wildman–Crippen LogP) is 2.66. The second-order valence-corrected chi connectivity index (χ2v) is 9.75. The number of amides is 1. The highest BCUT2D eigenvalue weighted by molar-refractivity contribution is 7.16. The molecular weight excluding hydrogens is 458 g/mol. The molecular formula is C24H31N3O6S. The number of methoxy groups -OCH3 is 1. The standard InChI is InChI=1S/C24H31N3O6S/c1-16(28)25-21-7-6-18(34-21)14-26-9-8-19-23(24(30)31-2)20(13-22(29)27(19)11-10-26)33-15-17-5-3-4-12-32-17/h6-7,13,17H,3-5,8-12,14-15H2,1-2H3,(H,25,28)/t17-/m0/s1. The molecule has 0 radical (unpaired) electrons. The maximum absolute atomic E-state index is 13.0. The number of nitrogens with one attached hydrogen (secondary N) is 1. The van der Waals surface area contributed by atoms with E-state index in [1.54, 1.807) is 4.57 Å². The van der Waals surface area contributed by atoms with Crippen molar-refractivity contribution in [3.8, 4) is 5.75 Å². The van der Waals surface area contributed by atoms with Gasteiger partial charge in [0.05, 0.1) is 18.2 Å². The van der Waals surface area contributed by atoms with Gasteiger partial charge in [-0.1, -0.05) is 0 Å². The average Bonchev–Trinajstić information content (AvgIpc) is 3.14. The number of thiophene rings is 1. The third-order valence-corrected chi connectivity index (χ3v) is 7.10. The van der Waals surface area contributed by atoms with E-state index in [1.807, 2.05) is 12.1 Å². The Kier molecular flexibility index (Phi) is 8.02. The molecule has 1 fully saturated rings. The molecule has 2 aromatic heterocycles. The molecule has 0 unspecified atom stereocenters.